The van der Waals surface area contributed by atoms with Crippen LogP contribution < -0.4 is 5.48 Å². The van der Waals surface area contributed by atoms with Gasteiger partial charge in [0.25, 0.3) is 5.91 Å². The summed E-state index contributed by atoms with van der Waals surface area (Å²) in [4.78, 5) is 18.2. The minimum atomic E-state index is -0.822. The van der Waals surface area contributed by atoms with Gasteiger partial charge in [-0.05, 0) is 36.1 Å². The first kappa shape index (κ1) is 16.6. The van der Waals surface area contributed by atoms with Crippen LogP contribution in [0, 0.1) is 5.82 Å². The maximum absolute atomic E-state index is 13.6. The van der Waals surface area contributed by atoms with Gasteiger partial charge in [0.2, 0.25) is 0 Å². The molecule has 0 spiro atoms. The number of hydrogen-bond donors (Lipinski definition) is 1. The van der Waals surface area contributed by atoms with Gasteiger partial charge in [0, 0.05) is 13.2 Å². The molecule has 1 aliphatic heterocycles. The van der Waals surface area contributed by atoms with Crippen molar-refractivity contribution in [1.82, 2.24) is 5.48 Å². The summed E-state index contributed by atoms with van der Waals surface area (Å²) >= 11 is 0. The number of nitrogens with one attached hydrogen (secondary N) is 1. The highest BCUT2D eigenvalue weighted by Crippen LogP contribution is 2.35. The van der Waals surface area contributed by atoms with Crippen LogP contribution in [-0.4, -0.2) is 19.1 Å². The van der Waals surface area contributed by atoms with Gasteiger partial charge in [0.1, 0.15) is 5.82 Å². The Morgan fingerprint density at radius 1 is 1.12 bits per heavy atom. The summed E-state index contributed by atoms with van der Waals surface area (Å²) in [6.45, 7) is 1.20. The minimum Gasteiger partial charge on any atom is -0.381 e. The SMILES string of the molecule is O=C(NOCc1ccccc1)C1(c2cccc(F)c2)CCOCC1. The number of carbonyl (C=O) groups excluding carboxylic acids is 1. The summed E-state index contributed by atoms with van der Waals surface area (Å²) < 4.78 is 19.0. The average Bonchev–Trinajstić information content (AvgIpc) is 2.63. The van der Waals surface area contributed by atoms with E-state index in [9.17, 15) is 9.18 Å². The number of halogens is 1. The second-order valence-electron chi connectivity index (χ2n) is 5.91. The number of hydroxylamine groups is 1. The van der Waals surface area contributed by atoms with Crippen molar-refractivity contribution in [1.29, 1.82) is 0 Å². The van der Waals surface area contributed by atoms with Gasteiger partial charge < -0.3 is 4.74 Å². The number of hydrogen-bond acceptors (Lipinski definition) is 3. The topological polar surface area (TPSA) is 47.6 Å². The van der Waals surface area contributed by atoms with E-state index in [1.54, 1.807) is 12.1 Å². The summed E-state index contributed by atoms with van der Waals surface area (Å²) in [6, 6.07) is 15.8. The number of ether oxygens (including phenoxy) is 1. The van der Waals surface area contributed by atoms with Crippen LogP contribution in [0.15, 0.2) is 54.6 Å². The highest BCUT2D eigenvalue weighted by Gasteiger charge is 2.42. The fourth-order valence-corrected chi connectivity index (χ4v) is 3.01. The largest absolute Gasteiger partial charge is 0.381 e. The van der Waals surface area contributed by atoms with E-state index in [1.165, 1.54) is 12.1 Å². The van der Waals surface area contributed by atoms with Crippen molar-refractivity contribution in [2.75, 3.05) is 13.2 Å². The van der Waals surface area contributed by atoms with Crippen LogP contribution in [0.2, 0.25) is 0 Å². The van der Waals surface area contributed by atoms with Crippen LogP contribution in [0.4, 0.5) is 4.39 Å². The Hall–Kier alpha value is -2.24. The predicted molar refractivity (Wildman–Crippen MR) is 87.5 cm³/mol. The van der Waals surface area contributed by atoms with Crippen molar-refractivity contribution in [3.05, 3.63) is 71.5 Å². The number of benzene rings is 2. The Labute approximate surface area is 140 Å². The zero-order valence-electron chi connectivity index (χ0n) is 13.3. The van der Waals surface area contributed by atoms with E-state index in [0.29, 0.717) is 31.6 Å². The van der Waals surface area contributed by atoms with Crippen LogP contribution in [0.5, 0.6) is 0 Å². The molecule has 24 heavy (non-hydrogen) atoms. The monoisotopic (exact) mass is 329 g/mol. The fraction of sp³-hybridized carbons (Fsp3) is 0.316. The lowest BCUT2D eigenvalue weighted by Gasteiger charge is -2.35. The molecule has 126 valence electrons. The zero-order valence-corrected chi connectivity index (χ0v) is 13.3. The van der Waals surface area contributed by atoms with Crippen molar-refractivity contribution < 1.29 is 18.8 Å². The number of rotatable bonds is 5. The number of carbonyl (C=O) groups is 1. The van der Waals surface area contributed by atoms with E-state index < -0.39 is 5.41 Å². The van der Waals surface area contributed by atoms with E-state index >= 15 is 0 Å². The minimum absolute atomic E-state index is 0.257. The van der Waals surface area contributed by atoms with E-state index in [1.807, 2.05) is 30.3 Å². The lowest BCUT2D eigenvalue weighted by molar-refractivity contribution is -0.144. The van der Waals surface area contributed by atoms with Gasteiger partial charge in [-0.1, -0.05) is 42.5 Å². The molecule has 0 atom stereocenters. The summed E-state index contributed by atoms with van der Waals surface area (Å²) in [5.74, 6) is -0.608. The van der Waals surface area contributed by atoms with E-state index in [2.05, 4.69) is 5.48 Å². The first-order chi connectivity index (χ1) is 11.7. The molecule has 0 unspecified atom stereocenters. The van der Waals surface area contributed by atoms with Crippen LogP contribution in [0.1, 0.15) is 24.0 Å². The molecule has 1 aliphatic rings. The first-order valence-electron chi connectivity index (χ1n) is 8.01. The maximum atomic E-state index is 13.6. The third-order valence-electron chi connectivity index (χ3n) is 4.40. The lowest BCUT2D eigenvalue weighted by atomic mass is 9.73. The van der Waals surface area contributed by atoms with E-state index in [4.69, 9.17) is 9.57 Å². The van der Waals surface area contributed by atoms with Crippen molar-refractivity contribution in [3.8, 4) is 0 Å². The second-order valence-corrected chi connectivity index (χ2v) is 5.91. The molecule has 1 amide bonds. The third-order valence-corrected chi connectivity index (χ3v) is 4.40. The average molecular weight is 329 g/mol. The maximum Gasteiger partial charge on any atom is 0.254 e. The Morgan fingerprint density at radius 3 is 2.58 bits per heavy atom. The zero-order chi connectivity index (χ0) is 16.8. The van der Waals surface area contributed by atoms with Crippen LogP contribution >= 0.6 is 0 Å². The molecule has 0 saturated carbocycles. The molecule has 5 heteroatoms. The van der Waals surface area contributed by atoms with Crippen LogP contribution in [0.3, 0.4) is 0 Å². The molecule has 0 aromatic heterocycles. The molecule has 0 bridgehead atoms. The molecule has 2 aromatic rings. The normalized spacial score (nSPS) is 16.5. The van der Waals surface area contributed by atoms with Gasteiger partial charge in [-0.15, -0.1) is 0 Å². The smallest absolute Gasteiger partial charge is 0.254 e. The van der Waals surface area contributed by atoms with Gasteiger partial charge in [-0.2, -0.15) is 0 Å². The van der Waals surface area contributed by atoms with Crippen molar-refractivity contribution in [3.63, 3.8) is 0 Å². The molecule has 0 radical (unpaired) electrons. The highest BCUT2D eigenvalue weighted by molar-refractivity contribution is 5.87. The van der Waals surface area contributed by atoms with Gasteiger partial charge in [0.05, 0.1) is 12.0 Å². The Bertz CT molecular complexity index is 684. The Morgan fingerprint density at radius 2 is 1.88 bits per heavy atom. The van der Waals surface area contributed by atoms with Gasteiger partial charge >= 0.3 is 0 Å². The van der Waals surface area contributed by atoms with E-state index in [0.717, 1.165) is 5.56 Å². The quantitative estimate of drug-likeness (QED) is 0.858. The van der Waals surface area contributed by atoms with Crippen LogP contribution in [0.25, 0.3) is 0 Å². The fourth-order valence-electron chi connectivity index (χ4n) is 3.01. The number of amides is 1. The molecule has 0 aliphatic carbocycles. The molecule has 3 rings (SSSR count). The van der Waals surface area contributed by atoms with Crippen molar-refractivity contribution in [2.24, 2.45) is 0 Å². The van der Waals surface area contributed by atoms with Crippen LogP contribution in [-0.2, 0) is 26.4 Å². The van der Waals surface area contributed by atoms with Crippen molar-refractivity contribution in [2.45, 2.75) is 24.9 Å². The third kappa shape index (κ3) is 3.63. The molecule has 1 heterocycles. The summed E-state index contributed by atoms with van der Waals surface area (Å²) in [7, 11) is 0. The molecular weight excluding hydrogens is 309 g/mol. The Balaban J connectivity index is 1.72. The Kier molecular flexibility index (Phi) is 5.23. The molecule has 2 aromatic carbocycles. The lowest BCUT2D eigenvalue weighted by Crippen LogP contribution is -2.48. The molecule has 1 fully saturated rings. The van der Waals surface area contributed by atoms with Gasteiger partial charge in [-0.25, -0.2) is 9.87 Å². The molecule has 1 N–H and O–H groups in total. The summed E-state index contributed by atoms with van der Waals surface area (Å²) in [6.07, 6.45) is 0.994. The van der Waals surface area contributed by atoms with Crippen molar-refractivity contribution >= 4 is 5.91 Å². The predicted octanol–water partition coefficient (Wildman–Crippen LogP) is 3.12. The molecular formula is C19H20FNO3. The summed E-state index contributed by atoms with van der Waals surface area (Å²) in [5, 5.41) is 0. The van der Waals surface area contributed by atoms with Gasteiger partial charge in [-0.3, -0.25) is 9.63 Å². The highest BCUT2D eigenvalue weighted by atomic mass is 19.1. The standard InChI is InChI=1S/C19H20FNO3/c20-17-8-4-7-16(13-17)19(9-11-23-12-10-19)18(22)21-24-14-15-5-2-1-3-6-15/h1-8,13H,9-12,14H2,(H,21,22). The second kappa shape index (κ2) is 7.55. The van der Waals surface area contributed by atoms with Gasteiger partial charge in [0.15, 0.2) is 0 Å². The summed E-state index contributed by atoms with van der Waals surface area (Å²) in [5.41, 5.74) is 3.34. The molecule has 4 nitrogen and oxygen atoms in total. The first-order valence-corrected chi connectivity index (χ1v) is 8.01. The van der Waals surface area contributed by atoms with E-state index in [-0.39, 0.29) is 18.3 Å². The molecule has 1 saturated heterocycles.